The molecule has 0 saturated carbocycles. The minimum atomic E-state index is -0.686. The third-order valence-electron chi connectivity index (χ3n) is 3.12. The van der Waals surface area contributed by atoms with E-state index in [0.717, 1.165) is 26.2 Å². The predicted octanol–water partition coefficient (Wildman–Crippen LogP) is 1.74. The summed E-state index contributed by atoms with van der Waals surface area (Å²) in [6.07, 6.45) is -0.207. The molecule has 1 aromatic rings. The van der Waals surface area contributed by atoms with E-state index in [2.05, 4.69) is 21.2 Å². The molecule has 6 heteroatoms. The lowest BCUT2D eigenvalue weighted by Crippen LogP contribution is -2.45. The summed E-state index contributed by atoms with van der Waals surface area (Å²) in [6.45, 7) is 3.50. The van der Waals surface area contributed by atoms with Gasteiger partial charge in [-0.1, -0.05) is 0 Å². The molecule has 1 aliphatic rings. The Labute approximate surface area is 119 Å². The standard InChI is InChI=1S/C13H15BrF2N2O/c14-11-1-2-12(15)10(13(11)16)7-9(19)8-18-5-3-17-4-6-18/h1-2,17H,3-8H2. The van der Waals surface area contributed by atoms with Crippen molar-refractivity contribution >= 4 is 21.7 Å². The maximum Gasteiger partial charge on any atom is 0.151 e. The third-order valence-corrected chi connectivity index (χ3v) is 3.73. The van der Waals surface area contributed by atoms with Gasteiger partial charge in [0.2, 0.25) is 0 Å². The highest BCUT2D eigenvalue weighted by Crippen LogP contribution is 2.22. The molecule has 0 radical (unpaired) electrons. The number of benzene rings is 1. The number of piperazine rings is 1. The number of Topliss-reactive ketones (excluding diaryl/α,β-unsaturated/α-hetero) is 1. The molecule has 0 amide bonds. The number of rotatable bonds is 4. The summed E-state index contributed by atoms with van der Waals surface area (Å²) >= 11 is 3.00. The van der Waals surface area contributed by atoms with E-state index in [1.807, 2.05) is 4.90 Å². The fourth-order valence-electron chi connectivity index (χ4n) is 2.10. The maximum absolute atomic E-state index is 13.7. The zero-order valence-corrected chi connectivity index (χ0v) is 12.0. The van der Waals surface area contributed by atoms with E-state index in [1.165, 1.54) is 12.1 Å². The van der Waals surface area contributed by atoms with Gasteiger partial charge >= 0.3 is 0 Å². The zero-order valence-electron chi connectivity index (χ0n) is 10.4. The second kappa shape index (κ2) is 6.54. The van der Waals surface area contributed by atoms with E-state index in [9.17, 15) is 13.6 Å². The molecule has 0 atom stereocenters. The smallest absolute Gasteiger partial charge is 0.151 e. The second-order valence-corrected chi connectivity index (χ2v) is 5.42. The van der Waals surface area contributed by atoms with Crippen molar-refractivity contribution in [1.29, 1.82) is 0 Å². The van der Waals surface area contributed by atoms with E-state index in [1.54, 1.807) is 0 Å². The van der Waals surface area contributed by atoms with Crippen LogP contribution >= 0.6 is 15.9 Å². The lowest BCUT2D eigenvalue weighted by atomic mass is 10.1. The highest BCUT2D eigenvalue weighted by molar-refractivity contribution is 9.10. The van der Waals surface area contributed by atoms with E-state index in [0.29, 0.717) is 0 Å². The van der Waals surface area contributed by atoms with Crippen LogP contribution in [0.2, 0.25) is 0 Å². The van der Waals surface area contributed by atoms with Gasteiger partial charge in [0.05, 0.1) is 11.0 Å². The van der Waals surface area contributed by atoms with Crippen molar-refractivity contribution in [2.24, 2.45) is 0 Å². The van der Waals surface area contributed by atoms with Crippen LogP contribution < -0.4 is 5.32 Å². The molecule has 1 aromatic carbocycles. The van der Waals surface area contributed by atoms with Gasteiger partial charge in [0, 0.05) is 38.2 Å². The van der Waals surface area contributed by atoms with Crippen LogP contribution in [0.15, 0.2) is 16.6 Å². The maximum atomic E-state index is 13.7. The fraction of sp³-hybridized carbons (Fsp3) is 0.462. The Morgan fingerprint density at radius 2 is 2.00 bits per heavy atom. The number of nitrogens with zero attached hydrogens (tertiary/aromatic N) is 1. The SMILES string of the molecule is O=C(Cc1c(F)ccc(Br)c1F)CN1CCNCC1. The summed E-state index contributed by atoms with van der Waals surface area (Å²) in [7, 11) is 0. The fourth-order valence-corrected chi connectivity index (χ4v) is 2.47. The van der Waals surface area contributed by atoms with Crippen molar-refractivity contribution < 1.29 is 13.6 Å². The predicted molar refractivity (Wildman–Crippen MR) is 72.1 cm³/mol. The first-order valence-electron chi connectivity index (χ1n) is 6.15. The Hall–Kier alpha value is -0.850. The molecule has 1 heterocycles. The van der Waals surface area contributed by atoms with Gasteiger partial charge in [-0.05, 0) is 28.1 Å². The summed E-state index contributed by atoms with van der Waals surface area (Å²) in [5.74, 6) is -1.53. The summed E-state index contributed by atoms with van der Waals surface area (Å²) in [6, 6.07) is 2.47. The molecule has 1 fully saturated rings. The van der Waals surface area contributed by atoms with Crippen LogP contribution in [0.3, 0.4) is 0 Å². The number of hydrogen-bond acceptors (Lipinski definition) is 3. The Bertz CT molecular complexity index is 476. The molecule has 0 aromatic heterocycles. The summed E-state index contributed by atoms with van der Waals surface area (Å²) in [4.78, 5) is 13.9. The van der Waals surface area contributed by atoms with Gasteiger partial charge in [0.15, 0.2) is 5.78 Å². The van der Waals surface area contributed by atoms with Crippen molar-refractivity contribution in [3.63, 3.8) is 0 Å². The molecule has 1 saturated heterocycles. The normalized spacial score (nSPS) is 16.6. The van der Waals surface area contributed by atoms with Crippen LogP contribution in [0, 0.1) is 11.6 Å². The van der Waals surface area contributed by atoms with E-state index < -0.39 is 11.6 Å². The molecule has 0 unspecified atom stereocenters. The minimum absolute atomic E-state index is 0.158. The van der Waals surface area contributed by atoms with Crippen LogP contribution in [0.5, 0.6) is 0 Å². The Balaban J connectivity index is 2.00. The molecule has 2 rings (SSSR count). The highest BCUT2D eigenvalue weighted by Gasteiger charge is 2.18. The Morgan fingerprint density at radius 3 is 2.68 bits per heavy atom. The quantitative estimate of drug-likeness (QED) is 0.852. The van der Waals surface area contributed by atoms with Gasteiger partial charge in [-0.25, -0.2) is 8.78 Å². The number of hydrogen-bond donors (Lipinski definition) is 1. The van der Waals surface area contributed by atoms with Gasteiger partial charge in [-0.2, -0.15) is 0 Å². The number of carbonyl (C=O) groups excluding carboxylic acids is 1. The van der Waals surface area contributed by atoms with Crippen LogP contribution in [-0.2, 0) is 11.2 Å². The lowest BCUT2D eigenvalue weighted by Gasteiger charge is -2.26. The van der Waals surface area contributed by atoms with E-state index >= 15 is 0 Å². The van der Waals surface area contributed by atoms with Crippen molar-refractivity contribution in [1.82, 2.24) is 10.2 Å². The zero-order chi connectivity index (χ0) is 13.8. The minimum Gasteiger partial charge on any atom is -0.314 e. The first kappa shape index (κ1) is 14.6. The molecule has 104 valence electrons. The molecule has 1 N–H and O–H groups in total. The number of halogens is 3. The van der Waals surface area contributed by atoms with Crippen LogP contribution in [0.25, 0.3) is 0 Å². The number of carbonyl (C=O) groups is 1. The van der Waals surface area contributed by atoms with Crippen molar-refractivity contribution in [2.75, 3.05) is 32.7 Å². The van der Waals surface area contributed by atoms with Gasteiger partial charge < -0.3 is 5.32 Å². The first-order valence-corrected chi connectivity index (χ1v) is 6.94. The van der Waals surface area contributed by atoms with Crippen molar-refractivity contribution in [3.05, 3.63) is 33.8 Å². The van der Waals surface area contributed by atoms with Crippen molar-refractivity contribution in [3.8, 4) is 0 Å². The Kier molecular flexibility index (Phi) is 5.01. The molecule has 3 nitrogen and oxygen atoms in total. The van der Waals surface area contributed by atoms with Crippen LogP contribution in [0.4, 0.5) is 8.78 Å². The Morgan fingerprint density at radius 1 is 1.32 bits per heavy atom. The molecule has 1 aliphatic heterocycles. The molecule has 0 bridgehead atoms. The molecular formula is C13H15BrF2N2O. The van der Waals surface area contributed by atoms with Gasteiger partial charge in [-0.3, -0.25) is 9.69 Å². The molecular weight excluding hydrogens is 318 g/mol. The topological polar surface area (TPSA) is 32.3 Å². The monoisotopic (exact) mass is 332 g/mol. The molecule has 0 aliphatic carbocycles. The largest absolute Gasteiger partial charge is 0.314 e. The van der Waals surface area contributed by atoms with Gasteiger partial charge in [-0.15, -0.1) is 0 Å². The lowest BCUT2D eigenvalue weighted by molar-refractivity contribution is -0.119. The summed E-state index contributed by atoms with van der Waals surface area (Å²) in [5.41, 5.74) is -0.158. The van der Waals surface area contributed by atoms with E-state index in [4.69, 9.17) is 0 Å². The van der Waals surface area contributed by atoms with Crippen LogP contribution in [0.1, 0.15) is 5.56 Å². The van der Waals surface area contributed by atoms with E-state index in [-0.39, 0.29) is 28.8 Å². The summed E-state index contributed by atoms with van der Waals surface area (Å²) in [5, 5.41) is 3.18. The number of nitrogens with one attached hydrogen (secondary N) is 1. The third kappa shape index (κ3) is 3.81. The molecule has 0 spiro atoms. The summed E-state index contributed by atoms with van der Waals surface area (Å²) < 4.78 is 27.5. The number of ketones is 1. The van der Waals surface area contributed by atoms with Crippen molar-refractivity contribution in [2.45, 2.75) is 6.42 Å². The average molecular weight is 333 g/mol. The average Bonchev–Trinajstić information content (AvgIpc) is 2.40. The van der Waals surface area contributed by atoms with Gasteiger partial charge in [0.1, 0.15) is 11.6 Å². The van der Waals surface area contributed by atoms with Crippen LogP contribution in [-0.4, -0.2) is 43.4 Å². The highest BCUT2D eigenvalue weighted by atomic mass is 79.9. The molecule has 19 heavy (non-hydrogen) atoms. The van der Waals surface area contributed by atoms with Gasteiger partial charge in [0.25, 0.3) is 0 Å². The first-order chi connectivity index (χ1) is 9.08. The second-order valence-electron chi connectivity index (χ2n) is 4.56.